The van der Waals surface area contributed by atoms with E-state index in [0.717, 1.165) is 0 Å². The molecule has 0 aromatic rings. The minimum Gasteiger partial charge on any atom is -0.298 e. The Balaban J connectivity index is 2.56. The van der Waals surface area contributed by atoms with E-state index < -0.39 is 0 Å². The fourth-order valence-electron chi connectivity index (χ4n) is 1.21. The molecule has 0 aliphatic carbocycles. The number of hydrogen-bond donors (Lipinski definition) is 0. The molecule has 1 fully saturated rings. The molecule has 0 radical (unpaired) electrons. The lowest BCUT2D eigenvalue weighted by molar-refractivity contribution is -0.133. The predicted octanol–water partition coefficient (Wildman–Crippen LogP) is 0.239. The molecule has 1 aliphatic rings. The van der Waals surface area contributed by atoms with Crippen molar-refractivity contribution < 1.29 is 9.59 Å². The second kappa shape index (κ2) is 3.13. The van der Waals surface area contributed by atoms with Gasteiger partial charge in [-0.3, -0.25) is 14.5 Å². The van der Waals surface area contributed by atoms with Gasteiger partial charge in [-0.2, -0.15) is 0 Å². The summed E-state index contributed by atoms with van der Waals surface area (Å²) in [5.41, 5.74) is 0. The third-order valence-corrected chi connectivity index (χ3v) is 1.88. The average molecular weight is 155 g/mol. The van der Waals surface area contributed by atoms with Crippen LogP contribution in [0.4, 0.5) is 0 Å². The van der Waals surface area contributed by atoms with E-state index in [4.69, 9.17) is 0 Å². The van der Waals surface area contributed by atoms with Gasteiger partial charge < -0.3 is 0 Å². The molecule has 0 aromatic carbocycles. The van der Waals surface area contributed by atoms with Crippen molar-refractivity contribution in [3.63, 3.8) is 0 Å². The lowest BCUT2D eigenvalue weighted by atomic mass is 10.1. The quantitative estimate of drug-likeness (QED) is 0.509. The largest absolute Gasteiger partial charge is 0.298 e. The SMILES string of the molecule is CC(C)N1CC(=O)CC(=O)C1. The lowest BCUT2D eigenvalue weighted by Crippen LogP contribution is -2.44. The smallest absolute Gasteiger partial charge is 0.154 e. The Kier molecular flexibility index (Phi) is 2.39. The number of ketones is 2. The second-order valence-electron chi connectivity index (χ2n) is 3.25. The van der Waals surface area contributed by atoms with E-state index in [0.29, 0.717) is 19.1 Å². The molecule has 0 atom stereocenters. The van der Waals surface area contributed by atoms with Crippen molar-refractivity contribution >= 4 is 11.6 Å². The zero-order valence-corrected chi connectivity index (χ0v) is 6.96. The minimum atomic E-state index is 0.0509. The summed E-state index contributed by atoms with van der Waals surface area (Å²) in [6.07, 6.45) is 0.142. The highest BCUT2D eigenvalue weighted by Gasteiger charge is 2.24. The van der Waals surface area contributed by atoms with Crippen LogP contribution in [-0.4, -0.2) is 35.6 Å². The van der Waals surface area contributed by atoms with Gasteiger partial charge in [0.2, 0.25) is 0 Å². The average Bonchev–Trinajstić information content (AvgIpc) is 1.85. The summed E-state index contributed by atoms with van der Waals surface area (Å²) in [4.78, 5) is 23.7. The van der Waals surface area contributed by atoms with E-state index in [9.17, 15) is 9.59 Å². The number of Topliss-reactive ketones (excluding diaryl/α,β-unsaturated/α-hetero) is 2. The molecular weight excluding hydrogens is 142 g/mol. The number of likely N-dealkylation sites (tertiary alicyclic amines) is 1. The number of piperidine rings is 1. The summed E-state index contributed by atoms with van der Waals surface area (Å²) in [6, 6.07) is 0.295. The number of nitrogens with zero attached hydrogens (tertiary/aromatic N) is 1. The molecule has 0 N–H and O–H groups in total. The van der Waals surface area contributed by atoms with Crippen molar-refractivity contribution in [3.05, 3.63) is 0 Å². The first-order valence-corrected chi connectivity index (χ1v) is 3.87. The van der Waals surface area contributed by atoms with Crippen LogP contribution in [0.5, 0.6) is 0 Å². The maximum absolute atomic E-state index is 10.9. The van der Waals surface area contributed by atoms with Crippen LogP contribution < -0.4 is 0 Å². The Morgan fingerprint density at radius 1 is 1.18 bits per heavy atom. The van der Waals surface area contributed by atoms with Gasteiger partial charge in [0.15, 0.2) is 11.6 Å². The molecule has 11 heavy (non-hydrogen) atoms. The topological polar surface area (TPSA) is 37.4 Å². The summed E-state index contributed by atoms with van der Waals surface area (Å²) in [5, 5.41) is 0. The normalized spacial score (nSPS) is 21.4. The first-order chi connectivity index (χ1) is 5.09. The molecule has 1 aliphatic heterocycles. The Morgan fingerprint density at radius 3 is 2.00 bits per heavy atom. The number of carbonyl (C=O) groups is 2. The first kappa shape index (κ1) is 8.40. The molecule has 0 bridgehead atoms. The number of carbonyl (C=O) groups excluding carboxylic acids is 2. The van der Waals surface area contributed by atoms with Gasteiger partial charge in [0, 0.05) is 6.04 Å². The van der Waals surface area contributed by atoms with Gasteiger partial charge in [-0.05, 0) is 13.8 Å². The molecule has 0 spiro atoms. The van der Waals surface area contributed by atoms with Crippen LogP contribution in [-0.2, 0) is 9.59 Å². The summed E-state index contributed by atoms with van der Waals surface area (Å²) < 4.78 is 0. The van der Waals surface area contributed by atoms with Crippen LogP contribution >= 0.6 is 0 Å². The molecule has 0 saturated carbocycles. The Labute approximate surface area is 66.4 Å². The third kappa shape index (κ3) is 2.12. The monoisotopic (exact) mass is 155 g/mol. The third-order valence-electron chi connectivity index (χ3n) is 1.88. The van der Waals surface area contributed by atoms with Crippen LogP contribution in [0.3, 0.4) is 0 Å². The minimum absolute atomic E-state index is 0.0509. The Bertz CT molecular complexity index is 171. The highest BCUT2D eigenvalue weighted by molar-refractivity contribution is 6.03. The van der Waals surface area contributed by atoms with E-state index in [1.165, 1.54) is 0 Å². The molecular formula is C8H13NO2. The van der Waals surface area contributed by atoms with Crippen LogP contribution in [0.15, 0.2) is 0 Å². The molecule has 3 heteroatoms. The standard InChI is InChI=1S/C8H13NO2/c1-6(2)9-4-7(10)3-8(11)5-9/h6H,3-5H2,1-2H3. The van der Waals surface area contributed by atoms with Crippen LogP contribution in [0, 0.1) is 0 Å². The first-order valence-electron chi connectivity index (χ1n) is 3.87. The van der Waals surface area contributed by atoms with Crippen molar-refractivity contribution in [1.82, 2.24) is 4.90 Å². The van der Waals surface area contributed by atoms with Gasteiger partial charge in [0.1, 0.15) is 0 Å². The van der Waals surface area contributed by atoms with Gasteiger partial charge in [-0.15, -0.1) is 0 Å². The second-order valence-corrected chi connectivity index (χ2v) is 3.25. The maximum atomic E-state index is 10.9. The van der Waals surface area contributed by atoms with E-state index in [1.54, 1.807) is 0 Å². The molecule has 0 aromatic heterocycles. The molecule has 1 rings (SSSR count). The molecule has 0 unspecified atom stereocenters. The van der Waals surface area contributed by atoms with Crippen molar-refractivity contribution in [2.75, 3.05) is 13.1 Å². The van der Waals surface area contributed by atoms with E-state index in [2.05, 4.69) is 0 Å². The zero-order valence-electron chi connectivity index (χ0n) is 6.96. The van der Waals surface area contributed by atoms with Crippen molar-refractivity contribution in [2.24, 2.45) is 0 Å². The molecule has 1 saturated heterocycles. The summed E-state index contributed by atoms with van der Waals surface area (Å²) in [5.74, 6) is 0.102. The Hall–Kier alpha value is -0.700. The van der Waals surface area contributed by atoms with E-state index in [1.807, 2.05) is 18.7 Å². The van der Waals surface area contributed by atoms with Gasteiger partial charge in [0.05, 0.1) is 19.5 Å². The Morgan fingerprint density at radius 2 is 1.64 bits per heavy atom. The van der Waals surface area contributed by atoms with Gasteiger partial charge >= 0.3 is 0 Å². The highest BCUT2D eigenvalue weighted by atomic mass is 16.2. The van der Waals surface area contributed by atoms with Crippen molar-refractivity contribution in [2.45, 2.75) is 26.3 Å². The fourth-order valence-corrected chi connectivity index (χ4v) is 1.21. The van der Waals surface area contributed by atoms with E-state index >= 15 is 0 Å². The van der Waals surface area contributed by atoms with Gasteiger partial charge in [0.25, 0.3) is 0 Å². The summed E-state index contributed by atoms with van der Waals surface area (Å²) in [6.45, 7) is 4.88. The number of hydrogen-bond acceptors (Lipinski definition) is 3. The fraction of sp³-hybridized carbons (Fsp3) is 0.750. The zero-order chi connectivity index (χ0) is 8.43. The summed E-state index contributed by atoms with van der Waals surface area (Å²) >= 11 is 0. The van der Waals surface area contributed by atoms with Crippen LogP contribution in [0.1, 0.15) is 20.3 Å². The molecule has 1 heterocycles. The van der Waals surface area contributed by atoms with Gasteiger partial charge in [-0.25, -0.2) is 0 Å². The maximum Gasteiger partial charge on any atom is 0.154 e. The van der Waals surface area contributed by atoms with E-state index in [-0.39, 0.29) is 18.0 Å². The predicted molar refractivity (Wildman–Crippen MR) is 41.3 cm³/mol. The van der Waals surface area contributed by atoms with Crippen molar-refractivity contribution in [3.8, 4) is 0 Å². The number of rotatable bonds is 1. The van der Waals surface area contributed by atoms with Crippen LogP contribution in [0.25, 0.3) is 0 Å². The van der Waals surface area contributed by atoms with Crippen LogP contribution in [0.2, 0.25) is 0 Å². The molecule has 3 nitrogen and oxygen atoms in total. The van der Waals surface area contributed by atoms with Crippen molar-refractivity contribution in [1.29, 1.82) is 0 Å². The molecule has 0 amide bonds. The molecule has 62 valence electrons. The highest BCUT2D eigenvalue weighted by Crippen LogP contribution is 2.06. The van der Waals surface area contributed by atoms with Gasteiger partial charge in [-0.1, -0.05) is 0 Å². The summed E-state index contributed by atoms with van der Waals surface area (Å²) in [7, 11) is 0. The lowest BCUT2D eigenvalue weighted by Gasteiger charge is -2.27.